The largest absolute Gasteiger partial charge is 0.494 e. The molecule has 0 aliphatic carbocycles. The van der Waals surface area contributed by atoms with Crippen molar-refractivity contribution in [3.63, 3.8) is 0 Å². The Labute approximate surface area is 134 Å². The molecule has 0 saturated carbocycles. The molecule has 0 spiro atoms. The van der Waals surface area contributed by atoms with E-state index in [0.29, 0.717) is 11.3 Å². The maximum absolute atomic E-state index is 14.0. The van der Waals surface area contributed by atoms with Gasteiger partial charge in [0.2, 0.25) is 0 Å². The van der Waals surface area contributed by atoms with Gasteiger partial charge in [0.15, 0.2) is 11.6 Å². The molecule has 0 aliphatic heterocycles. The van der Waals surface area contributed by atoms with Crippen molar-refractivity contribution in [1.29, 1.82) is 0 Å². The minimum Gasteiger partial charge on any atom is -0.494 e. The normalized spacial score (nSPS) is 10.7. The molecule has 0 fully saturated rings. The molecular weight excluding hydrogens is 300 g/mol. The lowest BCUT2D eigenvalue weighted by atomic mass is 10.1. The van der Waals surface area contributed by atoms with Gasteiger partial charge in [-0.1, -0.05) is 6.07 Å². The first-order chi connectivity index (χ1) is 10.8. The van der Waals surface area contributed by atoms with Gasteiger partial charge in [0, 0.05) is 23.4 Å². The summed E-state index contributed by atoms with van der Waals surface area (Å²) in [6, 6.07) is 8.14. The van der Waals surface area contributed by atoms with Crippen LogP contribution in [0.4, 0.5) is 14.5 Å². The van der Waals surface area contributed by atoms with Gasteiger partial charge in [-0.05, 0) is 50.6 Å². The molecule has 122 valence electrons. The highest BCUT2D eigenvalue weighted by Crippen LogP contribution is 2.27. The first-order valence-corrected chi connectivity index (χ1v) is 7.28. The molecule has 0 saturated heterocycles. The Morgan fingerprint density at radius 3 is 2.39 bits per heavy atom. The van der Waals surface area contributed by atoms with E-state index in [2.05, 4.69) is 0 Å². The number of hydrogen-bond donors (Lipinski definition) is 0. The van der Waals surface area contributed by atoms with Crippen LogP contribution in [0.25, 0.3) is 0 Å². The standard InChI is InChI=1S/C18H19F2NO2/c1-11(2)21(14-7-8-17(23-4)16(20)10-14)18(22)15-9-13(19)6-5-12(15)3/h5-11H,1-4H3. The Hall–Kier alpha value is -2.43. The number of benzene rings is 2. The summed E-state index contributed by atoms with van der Waals surface area (Å²) in [6.45, 7) is 5.36. The Balaban J connectivity index is 2.48. The molecule has 0 radical (unpaired) electrons. The zero-order valence-corrected chi connectivity index (χ0v) is 13.6. The maximum Gasteiger partial charge on any atom is 0.258 e. The van der Waals surface area contributed by atoms with E-state index in [1.54, 1.807) is 19.1 Å². The smallest absolute Gasteiger partial charge is 0.258 e. The first kappa shape index (κ1) is 16.9. The monoisotopic (exact) mass is 319 g/mol. The van der Waals surface area contributed by atoms with Crippen LogP contribution in [0.1, 0.15) is 29.8 Å². The van der Waals surface area contributed by atoms with E-state index < -0.39 is 11.6 Å². The second-order valence-electron chi connectivity index (χ2n) is 5.55. The van der Waals surface area contributed by atoms with Crippen LogP contribution in [-0.2, 0) is 0 Å². The van der Waals surface area contributed by atoms with Crippen molar-refractivity contribution in [1.82, 2.24) is 0 Å². The molecule has 1 amide bonds. The summed E-state index contributed by atoms with van der Waals surface area (Å²) in [4.78, 5) is 14.3. The number of aryl methyl sites for hydroxylation is 1. The lowest BCUT2D eigenvalue weighted by molar-refractivity contribution is 0.0979. The van der Waals surface area contributed by atoms with E-state index in [4.69, 9.17) is 4.74 Å². The molecule has 0 N–H and O–H groups in total. The summed E-state index contributed by atoms with van der Waals surface area (Å²) in [6.07, 6.45) is 0. The van der Waals surface area contributed by atoms with E-state index in [1.807, 2.05) is 13.8 Å². The summed E-state index contributed by atoms with van der Waals surface area (Å²) in [5.74, 6) is -1.31. The first-order valence-electron chi connectivity index (χ1n) is 7.28. The molecule has 0 unspecified atom stereocenters. The van der Waals surface area contributed by atoms with Crippen LogP contribution in [0.15, 0.2) is 36.4 Å². The lowest BCUT2D eigenvalue weighted by Gasteiger charge is -2.28. The number of rotatable bonds is 4. The van der Waals surface area contributed by atoms with Crippen LogP contribution in [0.3, 0.4) is 0 Å². The van der Waals surface area contributed by atoms with Gasteiger partial charge < -0.3 is 9.64 Å². The van der Waals surface area contributed by atoms with Crippen LogP contribution in [-0.4, -0.2) is 19.1 Å². The molecule has 3 nitrogen and oxygen atoms in total. The lowest BCUT2D eigenvalue weighted by Crippen LogP contribution is -2.37. The molecule has 0 heterocycles. The molecule has 0 bridgehead atoms. The van der Waals surface area contributed by atoms with Crippen molar-refractivity contribution in [3.8, 4) is 5.75 Å². The van der Waals surface area contributed by atoms with Gasteiger partial charge in [-0.15, -0.1) is 0 Å². The van der Waals surface area contributed by atoms with E-state index in [1.165, 1.54) is 36.3 Å². The van der Waals surface area contributed by atoms with Crippen LogP contribution in [0.5, 0.6) is 5.75 Å². The van der Waals surface area contributed by atoms with Crippen molar-refractivity contribution >= 4 is 11.6 Å². The molecule has 23 heavy (non-hydrogen) atoms. The average molecular weight is 319 g/mol. The van der Waals surface area contributed by atoms with E-state index in [9.17, 15) is 13.6 Å². The zero-order valence-electron chi connectivity index (χ0n) is 13.6. The molecule has 2 rings (SSSR count). The molecule has 0 aromatic heterocycles. The molecule has 2 aromatic carbocycles. The summed E-state index contributed by atoms with van der Waals surface area (Å²) < 4.78 is 32.3. The Morgan fingerprint density at radius 1 is 1.13 bits per heavy atom. The second kappa shape index (κ2) is 6.77. The molecule has 5 heteroatoms. The van der Waals surface area contributed by atoms with Gasteiger partial charge in [-0.2, -0.15) is 0 Å². The van der Waals surface area contributed by atoms with Crippen molar-refractivity contribution in [2.75, 3.05) is 12.0 Å². The van der Waals surface area contributed by atoms with Crippen molar-refractivity contribution in [2.24, 2.45) is 0 Å². The van der Waals surface area contributed by atoms with Gasteiger partial charge in [0.05, 0.1) is 7.11 Å². The van der Waals surface area contributed by atoms with Crippen LogP contribution >= 0.6 is 0 Å². The van der Waals surface area contributed by atoms with E-state index in [0.717, 1.165) is 0 Å². The van der Waals surface area contributed by atoms with Crippen LogP contribution < -0.4 is 9.64 Å². The number of amides is 1. The van der Waals surface area contributed by atoms with Crippen LogP contribution in [0.2, 0.25) is 0 Å². The van der Waals surface area contributed by atoms with Gasteiger partial charge >= 0.3 is 0 Å². The number of carbonyl (C=O) groups excluding carboxylic acids is 1. The Kier molecular flexibility index (Phi) is 4.98. The molecule has 0 atom stereocenters. The number of carbonyl (C=O) groups is 1. The fourth-order valence-electron chi connectivity index (χ4n) is 2.41. The third-order valence-corrected chi connectivity index (χ3v) is 3.58. The van der Waals surface area contributed by atoms with Crippen molar-refractivity contribution in [3.05, 3.63) is 59.2 Å². The zero-order chi connectivity index (χ0) is 17.1. The van der Waals surface area contributed by atoms with Crippen LogP contribution in [0, 0.1) is 18.6 Å². The maximum atomic E-state index is 14.0. The average Bonchev–Trinajstić information content (AvgIpc) is 2.49. The highest BCUT2D eigenvalue weighted by Gasteiger charge is 2.23. The minimum atomic E-state index is -0.556. The van der Waals surface area contributed by atoms with Gasteiger partial charge in [-0.25, -0.2) is 8.78 Å². The molecule has 2 aromatic rings. The number of halogens is 2. The quantitative estimate of drug-likeness (QED) is 0.839. The van der Waals surface area contributed by atoms with Crippen molar-refractivity contribution < 1.29 is 18.3 Å². The third-order valence-electron chi connectivity index (χ3n) is 3.58. The predicted molar refractivity (Wildman–Crippen MR) is 86.0 cm³/mol. The summed E-state index contributed by atoms with van der Waals surface area (Å²) in [7, 11) is 1.37. The SMILES string of the molecule is COc1ccc(N(C(=O)c2cc(F)ccc2C)C(C)C)cc1F. The predicted octanol–water partition coefficient (Wildman–Crippen LogP) is 4.34. The molecule has 0 aliphatic rings. The van der Waals surface area contributed by atoms with Gasteiger partial charge in [0.25, 0.3) is 5.91 Å². The summed E-state index contributed by atoms with van der Waals surface area (Å²) >= 11 is 0. The van der Waals surface area contributed by atoms with Gasteiger partial charge in [-0.3, -0.25) is 4.79 Å². The van der Waals surface area contributed by atoms with Crippen molar-refractivity contribution in [2.45, 2.75) is 26.8 Å². The van der Waals surface area contributed by atoms with E-state index >= 15 is 0 Å². The number of anilines is 1. The highest BCUT2D eigenvalue weighted by molar-refractivity contribution is 6.07. The minimum absolute atomic E-state index is 0.104. The second-order valence-corrected chi connectivity index (χ2v) is 5.55. The number of ether oxygens (including phenoxy) is 1. The highest BCUT2D eigenvalue weighted by atomic mass is 19.1. The van der Waals surface area contributed by atoms with E-state index in [-0.39, 0.29) is 23.3 Å². The third kappa shape index (κ3) is 3.50. The fourth-order valence-corrected chi connectivity index (χ4v) is 2.41. The fraction of sp³-hybridized carbons (Fsp3) is 0.278. The Morgan fingerprint density at radius 2 is 1.83 bits per heavy atom. The molecular formula is C18H19F2NO2. The topological polar surface area (TPSA) is 29.5 Å². The number of hydrogen-bond acceptors (Lipinski definition) is 2. The Bertz CT molecular complexity index is 729. The number of nitrogens with zero attached hydrogens (tertiary/aromatic N) is 1. The summed E-state index contributed by atoms with van der Waals surface area (Å²) in [5, 5.41) is 0. The summed E-state index contributed by atoms with van der Waals surface area (Å²) in [5.41, 5.74) is 1.32. The van der Waals surface area contributed by atoms with Gasteiger partial charge in [0.1, 0.15) is 5.82 Å². The number of methoxy groups -OCH3 is 1.